The summed E-state index contributed by atoms with van der Waals surface area (Å²) in [6.07, 6.45) is 0. The molecule has 2 aromatic carbocycles. The van der Waals surface area contributed by atoms with E-state index in [1.54, 1.807) is 50.4 Å². The van der Waals surface area contributed by atoms with E-state index in [1.807, 2.05) is 0 Å². The van der Waals surface area contributed by atoms with Crippen molar-refractivity contribution in [2.45, 2.75) is 6.92 Å². The third-order valence-corrected chi connectivity index (χ3v) is 3.96. The highest BCUT2D eigenvalue weighted by Crippen LogP contribution is 2.28. The second-order valence-electron chi connectivity index (χ2n) is 5.76. The fourth-order valence-corrected chi connectivity index (χ4v) is 2.70. The normalized spacial score (nSPS) is 10.4. The number of para-hydroxylation sites is 1. The number of ether oxygens (including phenoxy) is 1. The van der Waals surface area contributed by atoms with Crippen LogP contribution in [0.1, 0.15) is 17.3 Å². The van der Waals surface area contributed by atoms with E-state index in [-0.39, 0.29) is 12.3 Å². The van der Waals surface area contributed by atoms with E-state index >= 15 is 0 Å². The third kappa shape index (κ3) is 3.96. The molecule has 3 aromatic rings. The van der Waals surface area contributed by atoms with Crippen molar-refractivity contribution in [3.63, 3.8) is 0 Å². The van der Waals surface area contributed by atoms with Crippen LogP contribution in [0.4, 0.5) is 21.9 Å². The van der Waals surface area contributed by atoms with Gasteiger partial charge in [-0.25, -0.2) is 14.4 Å². The van der Waals surface area contributed by atoms with Crippen LogP contribution in [-0.2, 0) is 4.74 Å². The number of hydrogen-bond donors (Lipinski definition) is 3. The van der Waals surface area contributed by atoms with Crippen molar-refractivity contribution in [3.05, 3.63) is 64.5 Å². The minimum atomic E-state index is -0.671. The van der Waals surface area contributed by atoms with Crippen molar-refractivity contribution in [1.82, 2.24) is 0 Å². The summed E-state index contributed by atoms with van der Waals surface area (Å²) in [5, 5.41) is 8.71. The summed E-state index contributed by atoms with van der Waals surface area (Å²) >= 11 is 0. The SMILES string of the molecule is CCOC(=O)c1ccc(NC(=O)Nc2c(NC)c3ccccc3oc2=O)cc1. The Morgan fingerprint density at radius 2 is 1.71 bits per heavy atom. The molecule has 0 atom stereocenters. The van der Waals surface area contributed by atoms with Crippen LogP contribution >= 0.6 is 0 Å². The number of anilines is 3. The first kappa shape index (κ1) is 19.0. The number of benzene rings is 2. The fourth-order valence-electron chi connectivity index (χ4n) is 2.70. The summed E-state index contributed by atoms with van der Waals surface area (Å²) in [7, 11) is 1.65. The molecule has 28 heavy (non-hydrogen) atoms. The van der Waals surface area contributed by atoms with Gasteiger partial charge in [0.25, 0.3) is 0 Å². The summed E-state index contributed by atoms with van der Waals surface area (Å²) in [5.74, 6) is -0.439. The first-order chi connectivity index (χ1) is 13.5. The van der Waals surface area contributed by atoms with Crippen LogP contribution in [0.25, 0.3) is 11.0 Å². The number of fused-ring (bicyclic) bond motifs is 1. The number of carbonyl (C=O) groups is 2. The predicted octanol–water partition coefficient (Wildman–Crippen LogP) is 3.66. The summed E-state index contributed by atoms with van der Waals surface area (Å²) in [6.45, 7) is 2.00. The maximum Gasteiger partial charge on any atom is 0.362 e. The highest BCUT2D eigenvalue weighted by atomic mass is 16.5. The van der Waals surface area contributed by atoms with Gasteiger partial charge in [0.05, 0.1) is 17.9 Å². The average Bonchev–Trinajstić information content (AvgIpc) is 2.69. The van der Waals surface area contributed by atoms with Crippen LogP contribution in [0.2, 0.25) is 0 Å². The lowest BCUT2D eigenvalue weighted by molar-refractivity contribution is 0.0526. The fraction of sp³-hybridized carbons (Fsp3) is 0.150. The molecule has 0 saturated carbocycles. The van der Waals surface area contributed by atoms with E-state index in [1.165, 1.54) is 12.1 Å². The largest absolute Gasteiger partial charge is 0.462 e. The van der Waals surface area contributed by atoms with E-state index in [2.05, 4.69) is 16.0 Å². The Bertz CT molecular complexity index is 1070. The first-order valence-corrected chi connectivity index (χ1v) is 8.62. The Labute approximate surface area is 160 Å². The van der Waals surface area contributed by atoms with E-state index in [0.29, 0.717) is 27.9 Å². The summed E-state index contributed by atoms with van der Waals surface area (Å²) < 4.78 is 10.2. The monoisotopic (exact) mass is 381 g/mol. The van der Waals surface area contributed by atoms with Crippen molar-refractivity contribution in [1.29, 1.82) is 0 Å². The highest BCUT2D eigenvalue weighted by molar-refractivity contribution is 6.05. The molecule has 0 saturated heterocycles. The Morgan fingerprint density at radius 3 is 2.39 bits per heavy atom. The second-order valence-corrected chi connectivity index (χ2v) is 5.76. The molecule has 0 aliphatic carbocycles. The Kier molecular flexibility index (Phi) is 5.59. The van der Waals surface area contributed by atoms with Gasteiger partial charge in [0.1, 0.15) is 5.58 Å². The molecular formula is C20H19N3O5. The maximum absolute atomic E-state index is 12.3. The van der Waals surface area contributed by atoms with E-state index < -0.39 is 17.6 Å². The molecule has 8 heteroatoms. The van der Waals surface area contributed by atoms with Crippen molar-refractivity contribution < 1.29 is 18.7 Å². The summed E-state index contributed by atoms with van der Waals surface area (Å²) in [4.78, 5) is 36.3. The lowest BCUT2D eigenvalue weighted by atomic mass is 10.2. The number of urea groups is 1. The number of carbonyl (C=O) groups excluding carboxylic acids is 2. The van der Waals surface area contributed by atoms with Gasteiger partial charge in [0.2, 0.25) is 0 Å². The van der Waals surface area contributed by atoms with Crippen molar-refractivity contribution in [2.24, 2.45) is 0 Å². The Balaban J connectivity index is 1.79. The highest BCUT2D eigenvalue weighted by Gasteiger charge is 2.16. The van der Waals surface area contributed by atoms with Gasteiger partial charge in [0, 0.05) is 18.1 Å². The topological polar surface area (TPSA) is 110 Å². The van der Waals surface area contributed by atoms with Gasteiger partial charge in [0.15, 0.2) is 5.69 Å². The minimum Gasteiger partial charge on any atom is -0.462 e. The number of nitrogens with one attached hydrogen (secondary N) is 3. The zero-order chi connectivity index (χ0) is 20.1. The van der Waals surface area contributed by atoms with Crippen molar-refractivity contribution in [3.8, 4) is 0 Å². The molecule has 1 heterocycles. The lowest BCUT2D eigenvalue weighted by Gasteiger charge is -2.12. The molecule has 0 spiro atoms. The van der Waals surface area contributed by atoms with Crippen LogP contribution in [0.15, 0.2) is 57.7 Å². The quantitative estimate of drug-likeness (QED) is 0.460. The van der Waals surface area contributed by atoms with Gasteiger partial charge in [-0.1, -0.05) is 12.1 Å². The van der Waals surface area contributed by atoms with Crippen LogP contribution in [-0.4, -0.2) is 25.7 Å². The van der Waals surface area contributed by atoms with Crippen LogP contribution in [0, 0.1) is 0 Å². The second kappa shape index (κ2) is 8.26. The van der Waals surface area contributed by atoms with E-state index in [4.69, 9.17) is 9.15 Å². The zero-order valence-electron chi connectivity index (χ0n) is 15.4. The molecule has 0 radical (unpaired) electrons. The molecule has 0 fully saturated rings. The molecule has 3 N–H and O–H groups in total. The van der Waals surface area contributed by atoms with Gasteiger partial charge >= 0.3 is 17.6 Å². The smallest absolute Gasteiger partial charge is 0.362 e. The molecule has 0 aliphatic rings. The zero-order valence-corrected chi connectivity index (χ0v) is 15.4. The molecule has 0 bridgehead atoms. The average molecular weight is 381 g/mol. The molecule has 1 aromatic heterocycles. The third-order valence-electron chi connectivity index (χ3n) is 3.96. The standard InChI is InChI=1S/C20H19N3O5/c1-3-27-18(24)12-8-10-13(11-9-12)22-20(26)23-17-16(21-2)14-6-4-5-7-15(14)28-19(17)25/h4-11,21H,3H2,1-2H3,(H2,22,23,26). The summed E-state index contributed by atoms with van der Waals surface area (Å²) in [6, 6.07) is 12.6. The molecule has 0 unspecified atom stereocenters. The molecular weight excluding hydrogens is 362 g/mol. The Morgan fingerprint density at radius 1 is 1.00 bits per heavy atom. The number of hydrogen-bond acceptors (Lipinski definition) is 6. The van der Waals surface area contributed by atoms with Gasteiger partial charge < -0.3 is 19.8 Å². The number of rotatable bonds is 5. The molecule has 3 rings (SSSR count). The van der Waals surface area contributed by atoms with E-state index in [9.17, 15) is 14.4 Å². The maximum atomic E-state index is 12.3. The molecule has 2 amide bonds. The number of amides is 2. The van der Waals surface area contributed by atoms with Gasteiger partial charge in [-0.2, -0.15) is 0 Å². The molecule has 8 nitrogen and oxygen atoms in total. The number of esters is 1. The van der Waals surface area contributed by atoms with Crippen LogP contribution in [0.5, 0.6) is 0 Å². The molecule has 144 valence electrons. The summed E-state index contributed by atoms with van der Waals surface area (Å²) in [5.41, 5.74) is 1.02. The van der Waals surface area contributed by atoms with E-state index in [0.717, 1.165) is 0 Å². The minimum absolute atomic E-state index is 0.00171. The lowest BCUT2D eigenvalue weighted by Crippen LogP contribution is -2.24. The van der Waals surface area contributed by atoms with Gasteiger partial charge in [-0.05, 0) is 43.3 Å². The predicted molar refractivity (Wildman–Crippen MR) is 107 cm³/mol. The van der Waals surface area contributed by atoms with Crippen molar-refractivity contribution >= 4 is 40.0 Å². The first-order valence-electron chi connectivity index (χ1n) is 8.62. The Hall–Kier alpha value is -3.81. The van der Waals surface area contributed by atoms with Gasteiger partial charge in [-0.3, -0.25) is 5.32 Å². The van der Waals surface area contributed by atoms with Crippen LogP contribution in [0.3, 0.4) is 0 Å². The van der Waals surface area contributed by atoms with Gasteiger partial charge in [-0.15, -0.1) is 0 Å². The molecule has 0 aliphatic heterocycles. The van der Waals surface area contributed by atoms with Crippen LogP contribution < -0.4 is 21.6 Å². The van der Waals surface area contributed by atoms with Crippen molar-refractivity contribution in [2.75, 3.05) is 29.6 Å².